The zero-order valence-corrected chi connectivity index (χ0v) is 22.6. The lowest BCUT2D eigenvalue weighted by Gasteiger charge is -2.43. The summed E-state index contributed by atoms with van der Waals surface area (Å²) in [6.45, 7) is 9.35. The van der Waals surface area contributed by atoms with Crippen LogP contribution in [0, 0.1) is 6.92 Å². The minimum Gasteiger partial charge on any atom is -0.469 e. The maximum Gasteiger partial charge on any atom is 0.329 e. The summed E-state index contributed by atoms with van der Waals surface area (Å²) in [7, 11) is 1.25. The number of hydrogen-bond donors (Lipinski definition) is 0. The van der Waals surface area contributed by atoms with Gasteiger partial charge in [0.25, 0.3) is 5.91 Å². The third-order valence-corrected chi connectivity index (χ3v) is 5.75. The second-order valence-corrected chi connectivity index (χ2v) is 9.96. The molecule has 8 heteroatoms. The summed E-state index contributed by atoms with van der Waals surface area (Å²) in [6, 6.07) is 16.0. The standard InChI is InChI=1S/C21H28ClNO6.C7H8/c1-6-15(20(26)29-21(2,3)4)23-16(13-7-9-14(22)10-8-13)12-28-17(19(23)25)11-18(24)27-5;1-7-5-3-2-4-6-7/h7-10,15-17H,6,11-12H2,1-5H3;2-6H,1H3. The number of amides is 1. The number of halogens is 1. The van der Waals surface area contributed by atoms with Crippen LogP contribution in [-0.2, 0) is 28.6 Å². The minimum absolute atomic E-state index is 0.133. The van der Waals surface area contributed by atoms with Gasteiger partial charge in [-0.3, -0.25) is 9.59 Å². The van der Waals surface area contributed by atoms with E-state index in [1.807, 2.05) is 25.1 Å². The maximum atomic E-state index is 13.3. The molecule has 196 valence electrons. The average molecular weight is 518 g/mol. The summed E-state index contributed by atoms with van der Waals surface area (Å²) in [5.74, 6) is -1.50. The van der Waals surface area contributed by atoms with E-state index in [9.17, 15) is 14.4 Å². The topological polar surface area (TPSA) is 82.1 Å². The number of morpholine rings is 1. The molecule has 1 aliphatic heterocycles. The van der Waals surface area contributed by atoms with Crippen LogP contribution >= 0.6 is 11.6 Å². The Labute approximate surface area is 218 Å². The van der Waals surface area contributed by atoms with Gasteiger partial charge < -0.3 is 19.1 Å². The number of carbonyl (C=O) groups excluding carboxylic acids is 3. The zero-order valence-electron chi connectivity index (χ0n) is 21.8. The number of aryl methyl sites for hydroxylation is 1. The van der Waals surface area contributed by atoms with Crippen molar-refractivity contribution in [2.45, 2.75) is 71.2 Å². The second-order valence-electron chi connectivity index (χ2n) is 9.53. The lowest BCUT2D eigenvalue weighted by molar-refractivity contribution is -0.180. The molecule has 0 bridgehead atoms. The van der Waals surface area contributed by atoms with Crippen molar-refractivity contribution in [3.05, 3.63) is 70.7 Å². The summed E-state index contributed by atoms with van der Waals surface area (Å²) in [5.41, 5.74) is 1.41. The molecule has 36 heavy (non-hydrogen) atoms. The maximum absolute atomic E-state index is 13.3. The zero-order chi connectivity index (χ0) is 26.9. The van der Waals surface area contributed by atoms with Crippen molar-refractivity contribution < 1.29 is 28.6 Å². The number of esters is 2. The lowest BCUT2D eigenvalue weighted by Crippen LogP contribution is -2.57. The fraction of sp³-hybridized carbons (Fsp3) is 0.464. The molecule has 0 aromatic heterocycles. The molecule has 3 rings (SSSR count). The SMILES string of the molecule is CCC(C(=O)OC(C)(C)C)N1C(=O)C(CC(=O)OC)OCC1c1ccc(Cl)cc1.Cc1ccccc1. The summed E-state index contributed by atoms with van der Waals surface area (Å²) in [4.78, 5) is 39.3. The smallest absolute Gasteiger partial charge is 0.329 e. The fourth-order valence-electron chi connectivity index (χ4n) is 3.75. The summed E-state index contributed by atoms with van der Waals surface area (Å²) >= 11 is 5.99. The number of ether oxygens (including phenoxy) is 3. The van der Waals surface area contributed by atoms with Gasteiger partial charge in [0.05, 0.1) is 26.2 Å². The van der Waals surface area contributed by atoms with Gasteiger partial charge in [0, 0.05) is 5.02 Å². The van der Waals surface area contributed by atoms with Gasteiger partial charge in [-0.15, -0.1) is 0 Å². The van der Waals surface area contributed by atoms with Crippen molar-refractivity contribution in [1.29, 1.82) is 0 Å². The third kappa shape index (κ3) is 8.64. The first-order chi connectivity index (χ1) is 17.0. The Morgan fingerprint density at radius 2 is 1.72 bits per heavy atom. The van der Waals surface area contributed by atoms with E-state index in [-0.39, 0.29) is 13.0 Å². The first kappa shape index (κ1) is 29.3. The molecular weight excluding hydrogens is 482 g/mol. The van der Waals surface area contributed by atoms with Crippen molar-refractivity contribution in [3.8, 4) is 0 Å². The molecule has 0 aliphatic carbocycles. The van der Waals surface area contributed by atoms with Gasteiger partial charge in [-0.05, 0) is 51.8 Å². The van der Waals surface area contributed by atoms with Gasteiger partial charge in [0.1, 0.15) is 17.7 Å². The quantitative estimate of drug-likeness (QED) is 0.484. The molecule has 0 spiro atoms. The van der Waals surface area contributed by atoms with Crippen molar-refractivity contribution in [3.63, 3.8) is 0 Å². The van der Waals surface area contributed by atoms with Crippen molar-refractivity contribution in [2.75, 3.05) is 13.7 Å². The Bertz CT molecular complexity index is 1000. The van der Waals surface area contributed by atoms with Crippen molar-refractivity contribution >= 4 is 29.4 Å². The van der Waals surface area contributed by atoms with Gasteiger partial charge in [-0.2, -0.15) is 0 Å². The van der Waals surface area contributed by atoms with Crippen LogP contribution in [0.1, 0.15) is 57.7 Å². The van der Waals surface area contributed by atoms with E-state index < -0.39 is 41.6 Å². The van der Waals surface area contributed by atoms with Gasteiger partial charge in [-0.1, -0.05) is 66.6 Å². The molecule has 1 fully saturated rings. The summed E-state index contributed by atoms with van der Waals surface area (Å²) in [6.07, 6.45) is -0.873. The van der Waals surface area contributed by atoms with E-state index >= 15 is 0 Å². The molecule has 0 N–H and O–H groups in total. The molecule has 1 aliphatic rings. The molecule has 2 aromatic carbocycles. The van der Waals surface area contributed by atoms with Crippen molar-refractivity contribution in [2.24, 2.45) is 0 Å². The fourth-order valence-corrected chi connectivity index (χ4v) is 3.88. The molecule has 1 amide bonds. The minimum atomic E-state index is -1.01. The van der Waals surface area contributed by atoms with Gasteiger partial charge in [0.15, 0.2) is 0 Å². The average Bonchev–Trinajstić information content (AvgIpc) is 2.82. The van der Waals surface area contributed by atoms with Crippen LogP contribution in [0.4, 0.5) is 0 Å². The second kappa shape index (κ2) is 13.4. The number of benzene rings is 2. The number of hydrogen-bond acceptors (Lipinski definition) is 6. The van der Waals surface area contributed by atoms with Crippen LogP contribution in [0.25, 0.3) is 0 Å². The molecular formula is C28H36ClNO6. The van der Waals surface area contributed by atoms with E-state index in [0.717, 1.165) is 5.56 Å². The summed E-state index contributed by atoms with van der Waals surface area (Å²) in [5, 5.41) is 0.561. The van der Waals surface area contributed by atoms with Crippen LogP contribution in [-0.4, -0.2) is 54.2 Å². The van der Waals surface area contributed by atoms with Crippen LogP contribution in [0.3, 0.4) is 0 Å². The number of carbonyl (C=O) groups is 3. The molecule has 3 unspecified atom stereocenters. The highest BCUT2D eigenvalue weighted by molar-refractivity contribution is 6.30. The van der Waals surface area contributed by atoms with Crippen LogP contribution in [0.2, 0.25) is 5.02 Å². The highest BCUT2D eigenvalue weighted by Crippen LogP contribution is 2.32. The number of nitrogens with zero attached hydrogens (tertiary/aromatic N) is 1. The third-order valence-electron chi connectivity index (χ3n) is 5.50. The van der Waals surface area contributed by atoms with Crippen molar-refractivity contribution in [1.82, 2.24) is 4.90 Å². The van der Waals surface area contributed by atoms with E-state index in [0.29, 0.717) is 11.4 Å². The van der Waals surface area contributed by atoms with Gasteiger partial charge in [0.2, 0.25) is 0 Å². The van der Waals surface area contributed by atoms with E-state index in [1.165, 1.54) is 17.6 Å². The first-order valence-corrected chi connectivity index (χ1v) is 12.3. The van der Waals surface area contributed by atoms with Gasteiger partial charge >= 0.3 is 11.9 Å². The van der Waals surface area contributed by atoms with Crippen LogP contribution in [0.5, 0.6) is 0 Å². The highest BCUT2D eigenvalue weighted by atomic mass is 35.5. The Kier molecular flexibility index (Phi) is 10.9. The predicted octanol–water partition coefficient (Wildman–Crippen LogP) is 5.29. The first-order valence-electron chi connectivity index (χ1n) is 12.0. The normalized spacial score (nSPS) is 18.5. The highest BCUT2D eigenvalue weighted by Gasteiger charge is 2.44. The predicted molar refractivity (Wildman–Crippen MR) is 139 cm³/mol. The monoisotopic (exact) mass is 517 g/mol. The number of methoxy groups -OCH3 is 1. The molecule has 1 saturated heterocycles. The molecule has 0 saturated carbocycles. The Balaban J connectivity index is 0.000000558. The van der Waals surface area contributed by atoms with Crippen LogP contribution in [0.15, 0.2) is 54.6 Å². The Hall–Kier alpha value is -2.90. The Morgan fingerprint density at radius 1 is 1.11 bits per heavy atom. The van der Waals surface area contributed by atoms with Gasteiger partial charge in [-0.25, -0.2) is 4.79 Å². The Morgan fingerprint density at radius 3 is 2.19 bits per heavy atom. The molecule has 1 heterocycles. The largest absolute Gasteiger partial charge is 0.469 e. The summed E-state index contributed by atoms with van der Waals surface area (Å²) < 4.78 is 15.9. The molecule has 7 nitrogen and oxygen atoms in total. The lowest BCUT2D eigenvalue weighted by atomic mass is 9.98. The molecule has 2 aromatic rings. The molecule has 0 radical (unpaired) electrons. The van der Waals surface area contributed by atoms with E-state index in [1.54, 1.807) is 45.0 Å². The van der Waals surface area contributed by atoms with Crippen LogP contribution < -0.4 is 0 Å². The number of rotatable bonds is 6. The van der Waals surface area contributed by atoms with E-state index in [4.69, 9.17) is 21.1 Å². The van der Waals surface area contributed by atoms with E-state index in [2.05, 4.69) is 23.8 Å². The molecule has 3 atom stereocenters.